The third kappa shape index (κ3) is 3.04. The first-order valence-corrected chi connectivity index (χ1v) is 6.71. The Kier molecular flexibility index (Phi) is 3.85. The van der Waals surface area contributed by atoms with Crippen LogP contribution >= 0.6 is 0 Å². The van der Waals surface area contributed by atoms with Crippen molar-refractivity contribution in [2.24, 2.45) is 0 Å². The van der Waals surface area contributed by atoms with Gasteiger partial charge < -0.3 is 9.72 Å². The van der Waals surface area contributed by atoms with E-state index in [4.69, 9.17) is 4.74 Å². The fourth-order valence-corrected chi connectivity index (χ4v) is 2.34. The molecular formula is C14H17N5O2. The van der Waals surface area contributed by atoms with Gasteiger partial charge in [-0.15, -0.1) is 0 Å². The molecule has 1 aliphatic rings. The smallest absolute Gasteiger partial charge is 0.245 e. The lowest BCUT2D eigenvalue weighted by Crippen LogP contribution is -2.39. The molecule has 7 heteroatoms. The van der Waals surface area contributed by atoms with Crippen molar-refractivity contribution in [3.63, 3.8) is 0 Å². The zero-order valence-corrected chi connectivity index (χ0v) is 11.6. The summed E-state index contributed by atoms with van der Waals surface area (Å²) < 4.78 is 5.22. The molecule has 2 heterocycles. The van der Waals surface area contributed by atoms with E-state index in [1.165, 1.54) is 0 Å². The fourth-order valence-electron chi connectivity index (χ4n) is 2.34. The predicted molar refractivity (Wildman–Crippen MR) is 77.6 cm³/mol. The standard InChI is InChI=1S/C14H17N5O2/c1-21-10-4-2-3-9(7-10)11-8-12(19-18-11)13(20)17-14-15-5-6-16-14/h2-7,11-12,18-19H,8H2,1H3,(H2,15,16,17,20). The molecule has 1 amide bonds. The molecule has 2 unspecified atom stereocenters. The summed E-state index contributed by atoms with van der Waals surface area (Å²) in [6.07, 6.45) is 3.91. The number of rotatable bonds is 4. The van der Waals surface area contributed by atoms with E-state index in [1.807, 2.05) is 24.3 Å². The van der Waals surface area contributed by atoms with Crippen LogP contribution in [0.15, 0.2) is 36.7 Å². The number of amides is 1. The van der Waals surface area contributed by atoms with E-state index in [0.29, 0.717) is 12.4 Å². The lowest BCUT2D eigenvalue weighted by molar-refractivity contribution is -0.117. The average molecular weight is 287 g/mol. The summed E-state index contributed by atoms with van der Waals surface area (Å²) >= 11 is 0. The van der Waals surface area contributed by atoms with Gasteiger partial charge in [0.15, 0.2) is 0 Å². The maximum Gasteiger partial charge on any atom is 0.245 e. The number of benzene rings is 1. The Morgan fingerprint density at radius 1 is 1.43 bits per heavy atom. The van der Waals surface area contributed by atoms with Crippen molar-refractivity contribution in [1.82, 2.24) is 20.8 Å². The second-order valence-corrected chi connectivity index (χ2v) is 4.83. The minimum absolute atomic E-state index is 0.0625. The van der Waals surface area contributed by atoms with Crippen LogP contribution in [-0.4, -0.2) is 29.0 Å². The largest absolute Gasteiger partial charge is 0.497 e. The van der Waals surface area contributed by atoms with E-state index in [1.54, 1.807) is 19.5 Å². The van der Waals surface area contributed by atoms with Crippen molar-refractivity contribution >= 4 is 11.9 Å². The van der Waals surface area contributed by atoms with Crippen LogP contribution in [0.3, 0.4) is 0 Å². The van der Waals surface area contributed by atoms with Gasteiger partial charge in [-0.1, -0.05) is 12.1 Å². The summed E-state index contributed by atoms with van der Waals surface area (Å²) in [6.45, 7) is 0. The van der Waals surface area contributed by atoms with E-state index < -0.39 is 0 Å². The number of imidazole rings is 1. The number of methoxy groups -OCH3 is 1. The van der Waals surface area contributed by atoms with Crippen LogP contribution in [0, 0.1) is 0 Å². The molecule has 110 valence electrons. The molecule has 0 radical (unpaired) electrons. The summed E-state index contributed by atoms with van der Waals surface area (Å²) in [5.41, 5.74) is 7.23. The number of hydrogen-bond donors (Lipinski definition) is 4. The quantitative estimate of drug-likeness (QED) is 0.672. The van der Waals surface area contributed by atoms with Crippen LogP contribution in [0.4, 0.5) is 5.95 Å². The molecule has 1 aromatic carbocycles. The van der Waals surface area contributed by atoms with Gasteiger partial charge in [-0.2, -0.15) is 0 Å². The second-order valence-electron chi connectivity index (χ2n) is 4.83. The van der Waals surface area contributed by atoms with Gasteiger partial charge in [-0.05, 0) is 24.1 Å². The monoisotopic (exact) mass is 287 g/mol. The van der Waals surface area contributed by atoms with Gasteiger partial charge in [0.05, 0.1) is 7.11 Å². The predicted octanol–water partition coefficient (Wildman–Crippen LogP) is 0.965. The SMILES string of the molecule is COc1cccc(C2CC(C(=O)Nc3ncc[nH]3)NN2)c1. The van der Waals surface area contributed by atoms with Crippen molar-refractivity contribution in [1.29, 1.82) is 0 Å². The van der Waals surface area contributed by atoms with Crippen LogP contribution in [0.25, 0.3) is 0 Å². The van der Waals surface area contributed by atoms with Crippen LogP contribution in [0.2, 0.25) is 0 Å². The molecular weight excluding hydrogens is 270 g/mol. The second kappa shape index (κ2) is 5.94. The van der Waals surface area contributed by atoms with Crippen molar-refractivity contribution in [2.75, 3.05) is 12.4 Å². The lowest BCUT2D eigenvalue weighted by atomic mass is 10.0. The Labute approximate surface area is 122 Å². The molecule has 4 N–H and O–H groups in total. The van der Waals surface area contributed by atoms with Crippen molar-refractivity contribution in [3.8, 4) is 5.75 Å². The van der Waals surface area contributed by atoms with E-state index in [0.717, 1.165) is 11.3 Å². The highest BCUT2D eigenvalue weighted by molar-refractivity contribution is 5.93. The van der Waals surface area contributed by atoms with Gasteiger partial charge >= 0.3 is 0 Å². The summed E-state index contributed by atoms with van der Waals surface area (Å²) in [6, 6.07) is 7.55. The lowest BCUT2D eigenvalue weighted by Gasteiger charge is -2.11. The molecule has 3 rings (SSSR count). The molecule has 0 aliphatic carbocycles. The Balaban J connectivity index is 1.63. The molecule has 7 nitrogen and oxygen atoms in total. The highest BCUT2D eigenvalue weighted by atomic mass is 16.5. The molecule has 0 spiro atoms. The molecule has 2 aromatic rings. The maximum absolute atomic E-state index is 12.1. The molecule has 0 saturated carbocycles. The van der Waals surface area contributed by atoms with Gasteiger partial charge in [0.2, 0.25) is 11.9 Å². The number of aromatic nitrogens is 2. The molecule has 1 aliphatic heterocycles. The van der Waals surface area contributed by atoms with Crippen LogP contribution in [0.1, 0.15) is 18.0 Å². The zero-order chi connectivity index (χ0) is 14.7. The summed E-state index contributed by atoms with van der Waals surface area (Å²) in [7, 11) is 1.64. The van der Waals surface area contributed by atoms with Gasteiger partial charge in [-0.3, -0.25) is 10.1 Å². The Hall–Kier alpha value is -2.38. The van der Waals surface area contributed by atoms with Crippen molar-refractivity contribution < 1.29 is 9.53 Å². The minimum atomic E-state index is -0.314. The first kappa shape index (κ1) is 13.6. The van der Waals surface area contributed by atoms with Crippen LogP contribution in [-0.2, 0) is 4.79 Å². The highest BCUT2D eigenvalue weighted by Gasteiger charge is 2.30. The Morgan fingerprint density at radius 2 is 2.33 bits per heavy atom. The molecule has 21 heavy (non-hydrogen) atoms. The number of hydrogen-bond acceptors (Lipinski definition) is 5. The molecule has 1 saturated heterocycles. The maximum atomic E-state index is 12.1. The molecule has 0 bridgehead atoms. The number of ether oxygens (including phenoxy) is 1. The number of carbonyl (C=O) groups is 1. The molecule has 2 atom stereocenters. The molecule has 1 aromatic heterocycles. The van der Waals surface area contributed by atoms with Crippen molar-refractivity contribution in [3.05, 3.63) is 42.2 Å². The third-order valence-corrected chi connectivity index (χ3v) is 3.46. The summed E-state index contributed by atoms with van der Waals surface area (Å²) in [5.74, 6) is 1.13. The van der Waals surface area contributed by atoms with Gasteiger partial charge in [0.1, 0.15) is 11.8 Å². The van der Waals surface area contributed by atoms with E-state index in [9.17, 15) is 4.79 Å². The van der Waals surface area contributed by atoms with Crippen LogP contribution in [0.5, 0.6) is 5.75 Å². The average Bonchev–Trinajstić information content (AvgIpc) is 3.18. The van der Waals surface area contributed by atoms with Crippen LogP contribution < -0.4 is 20.9 Å². The topological polar surface area (TPSA) is 91.1 Å². The summed E-state index contributed by atoms with van der Waals surface area (Å²) in [5, 5.41) is 2.73. The number of carbonyl (C=O) groups excluding carboxylic acids is 1. The van der Waals surface area contributed by atoms with Gasteiger partial charge in [-0.25, -0.2) is 15.8 Å². The van der Waals surface area contributed by atoms with E-state index in [-0.39, 0.29) is 18.0 Å². The third-order valence-electron chi connectivity index (χ3n) is 3.46. The summed E-state index contributed by atoms with van der Waals surface area (Å²) in [4.78, 5) is 18.9. The van der Waals surface area contributed by atoms with Crippen molar-refractivity contribution in [2.45, 2.75) is 18.5 Å². The minimum Gasteiger partial charge on any atom is -0.497 e. The highest BCUT2D eigenvalue weighted by Crippen LogP contribution is 2.25. The van der Waals surface area contributed by atoms with Gasteiger partial charge in [0.25, 0.3) is 0 Å². The number of nitrogens with one attached hydrogen (secondary N) is 4. The Bertz CT molecular complexity index is 614. The first-order chi connectivity index (χ1) is 10.3. The fraction of sp³-hybridized carbons (Fsp3) is 0.286. The molecule has 1 fully saturated rings. The Morgan fingerprint density at radius 3 is 3.10 bits per heavy atom. The first-order valence-electron chi connectivity index (χ1n) is 6.71. The number of H-pyrrole nitrogens is 1. The van der Waals surface area contributed by atoms with Gasteiger partial charge in [0, 0.05) is 18.4 Å². The zero-order valence-electron chi connectivity index (χ0n) is 11.6. The normalized spacial score (nSPS) is 21.2. The number of hydrazine groups is 1. The number of nitrogens with zero attached hydrogens (tertiary/aromatic N) is 1. The van der Waals surface area contributed by atoms with E-state index in [2.05, 4.69) is 26.1 Å². The number of anilines is 1. The van der Waals surface area contributed by atoms with E-state index >= 15 is 0 Å². The number of aromatic amines is 1.